The number of carbonyl (C=O) groups is 1. The van der Waals surface area contributed by atoms with Crippen LogP contribution in [-0.2, 0) is 14.3 Å². The van der Waals surface area contributed by atoms with Crippen LogP contribution in [0.25, 0.3) is 0 Å². The predicted molar refractivity (Wildman–Crippen MR) is 90.0 cm³/mol. The lowest BCUT2D eigenvalue weighted by Crippen LogP contribution is -2.32. The maximum Gasteiger partial charge on any atom is 0.351 e. The van der Waals surface area contributed by atoms with Crippen molar-refractivity contribution in [3.63, 3.8) is 0 Å². The molecule has 1 aliphatic heterocycles. The van der Waals surface area contributed by atoms with Gasteiger partial charge >= 0.3 is 11.7 Å². The number of aromatic nitrogens is 2. The summed E-state index contributed by atoms with van der Waals surface area (Å²) < 4.78 is 12.0. The lowest BCUT2D eigenvalue weighted by atomic mass is 10.2. The number of hydrogen-bond acceptors (Lipinski definition) is 9. The van der Waals surface area contributed by atoms with Gasteiger partial charge in [-0.2, -0.15) is 4.98 Å². The third-order valence-corrected chi connectivity index (χ3v) is 3.95. The molecule has 1 aliphatic rings. The smallest absolute Gasteiger partial charge is 0.351 e. The molecule has 1 aromatic heterocycles. The lowest BCUT2D eigenvalue weighted by molar-refractivity contribution is -0.769. The van der Waals surface area contributed by atoms with Crippen molar-refractivity contribution in [2.24, 2.45) is 0 Å². The number of rotatable bonds is 6. The maximum atomic E-state index is 12.0. The molecule has 0 amide bonds. The Balaban J connectivity index is 1.71. The van der Waals surface area contributed by atoms with Crippen LogP contribution in [0.1, 0.15) is 23.0 Å². The van der Waals surface area contributed by atoms with Crippen LogP contribution < -0.4 is 11.4 Å². The third-order valence-electron chi connectivity index (χ3n) is 3.95. The maximum absolute atomic E-state index is 12.0. The van der Waals surface area contributed by atoms with E-state index >= 15 is 0 Å². The van der Waals surface area contributed by atoms with Crippen LogP contribution in [0, 0.1) is 10.1 Å². The number of carbonyl (C=O) groups excluding carboxylic acids is 1. The van der Waals surface area contributed by atoms with Gasteiger partial charge in [-0.25, -0.2) is 9.59 Å². The van der Waals surface area contributed by atoms with Crippen LogP contribution >= 0.6 is 0 Å². The van der Waals surface area contributed by atoms with Gasteiger partial charge in [0.1, 0.15) is 30.9 Å². The average molecular weight is 376 g/mol. The van der Waals surface area contributed by atoms with E-state index in [-0.39, 0.29) is 18.8 Å². The van der Waals surface area contributed by atoms with Crippen LogP contribution in [0.2, 0.25) is 0 Å². The summed E-state index contributed by atoms with van der Waals surface area (Å²) in [6, 6.07) is 9.66. The molecule has 2 heterocycles. The Hall–Kier alpha value is -3.47. The fourth-order valence-corrected chi connectivity index (χ4v) is 2.70. The topological polar surface area (TPSA) is 149 Å². The lowest BCUT2D eigenvalue weighted by Gasteiger charge is -2.17. The zero-order chi connectivity index (χ0) is 19.4. The first-order valence-electron chi connectivity index (χ1n) is 7.97. The van der Waals surface area contributed by atoms with Crippen LogP contribution in [0.3, 0.4) is 0 Å². The van der Waals surface area contributed by atoms with E-state index in [2.05, 4.69) is 9.82 Å². The Morgan fingerprint density at radius 3 is 2.78 bits per heavy atom. The largest absolute Gasteiger partial charge is 0.459 e. The molecule has 0 radical (unpaired) electrons. The van der Waals surface area contributed by atoms with Crippen LogP contribution in [0.5, 0.6) is 0 Å². The third kappa shape index (κ3) is 4.39. The highest BCUT2D eigenvalue weighted by atomic mass is 17.0. The number of anilines is 1. The van der Waals surface area contributed by atoms with E-state index in [9.17, 15) is 19.7 Å². The van der Waals surface area contributed by atoms with Crippen LogP contribution in [0.15, 0.2) is 47.4 Å². The summed E-state index contributed by atoms with van der Waals surface area (Å²) in [5, 5.41) is 9.79. The Morgan fingerprint density at radius 1 is 1.37 bits per heavy atom. The van der Waals surface area contributed by atoms with Crippen molar-refractivity contribution in [2.45, 2.75) is 24.9 Å². The van der Waals surface area contributed by atoms with E-state index in [1.54, 1.807) is 30.3 Å². The zero-order valence-electron chi connectivity index (χ0n) is 14.0. The SMILES string of the molecule is Nc1ccn([C@H]2C[C@H](O[N+](=O)[O-])[C@@H](COC(=O)c3ccccc3)O2)c(=O)n1. The van der Waals surface area contributed by atoms with Gasteiger partial charge in [0.15, 0.2) is 0 Å². The second kappa shape index (κ2) is 7.83. The summed E-state index contributed by atoms with van der Waals surface area (Å²) in [6.07, 6.45) is -1.44. The minimum atomic E-state index is -1.02. The molecule has 0 saturated carbocycles. The highest BCUT2D eigenvalue weighted by Crippen LogP contribution is 2.30. The molecular weight excluding hydrogens is 360 g/mol. The van der Waals surface area contributed by atoms with Crippen LogP contribution in [0.4, 0.5) is 5.82 Å². The highest BCUT2D eigenvalue weighted by Gasteiger charge is 2.40. The number of hydrogen-bond donors (Lipinski definition) is 1. The Morgan fingerprint density at radius 2 is 2.11 bits per heavy atom. The second-order valence-electron chi connectivity index (χ2n) is 5.74. The summed E-state index contributed by atoms with van der Waals surface area (Å²) >= 11 is 0. The molecule has 0 aliphatic carbocycles. The molecule has 0 spiro atoms. The molecule has 2 aromatic rings. The zero-order valence-corrected chi connectivity index (χ0v) is 14.0. The first kappa shape index (κ1) is 18.3. The standard InChI is InChI=1S/C16H16N4O7/c17-13-6-7-19(16(22)18-13)14-8-11(27-20(23)24)12(26-14)9-25-15(21)10-4-2-1-3-5-10/h1-7,11-12,14H,8-9H2,(H2,17,18,22)/t11-,12+,14+/m0/s1. The van der Waals surface area contributed by atoms with Gasteiger partial charge in [0, 0.05) is 12.6 Å². The number of nitrogens with two attached hydrogens (primary N) is 1. The van der Waals surface area contributed by atoms with Gasteiger partial charge in [0.25, 0.3) is 5.09 Å². The Bertz CT molecular complexity index is 886. The number of benzene rings is 1. The van der Waals surface area contributed by atoms with E-state index in [0.717, 1.165) is 4.57 Å². The quantitative estimate of drug-likeness (QED) is 0.433. The molecule has 1 saturated heterocycles. The molecule has 11 heteroatoms. The normalized spacial score (nSPS) is 21.6. The summed E-state index contributed by atoms with van der Waals surface area (Å²) in [6.45, 7) is -0.278. The summed E-state index contributed by atoms with van der Waals surface area (Å²) in [5.41, 5.74) is 5.11. The first-order chi connectivity index (χ1) is 12.9. The van der Waals surface area contributed by atoms with E-state index in [1.807, 2.05) is 0 Å². The molecule has 27 heavy (non-hydrogen) atoms. The molecular formula is C16H16N4O7. The minimum absolute atomic E-state index is 0.0000386. The molecule has 0 unspecified atom stereocenters. The van der Waals surface area contributed by atoms with Gasteiger partial charge in [-0.3, -0.25) is 4.57 Å². The number of nitrogen functional groups attached to an aromatic ring is 1. The Labute approximate surface area is 152 Å². The fraction of sp³-hybridized carbons (Fsp3) is 0.312. The fourth-order valence-electron chi connectivity index (χ4n) is 2.70. The minimum Gasteiger partial charge on any atom is -0.459 e. The monoisotopic (exact) mass is 376 g/mol. The van der Waals surface area contributed by atoms with Crippen molar-refractivity contribution < 1.29 is 24.2 Å². The van der Waals surface area contributed by atoms with Gasteiger partial charge in [0.2, 0.25) is 0 Å². The molecule has 0 bridgehead atoms. The van der Waals surface area contributed by atoms with Crippen molar-refractivity contribution >= 4 is 11.8 Å². The van der Waals surface area contributed by atoms with Crippen molar-refractivity contribution in [2.75, 3.05) is 12.3 Å². The Kier molecular flexibility index (Phi) is 5.31. The first-order valence-corrected chi connectivity index (χ1v) is 7.97. The molecule has 142 valence electrons. The van der Waals surface area contributed by atoms with Gasteiger partial charge in [-0.1, -0.05) is 18.2 Å². The van der Waals surface area contributed by atoms with Gasteiger partial charge in [-0.05, 0) is 18.2 Å². The van der Waals surface area contributed by atoms with E-state index in [1.165, 1.54) is 12.3 Å². The van der Waals surface area contributed by atoms with Gasteiger partial charge < -0.3 is 20.0 Å². The van der Waals surface area contributed by atoms with Crippen molar-refractivity contribution in [1.29, 1.82) is 0 Å². The number of nitrogens with zero attached hydrogens (tertiary/aromatic N) is 3. The van der Waals surface area contributed by atoms with E-state index in [0.29, 0.717) is 5.56 Å². The highest BCUT2D eigenvalue weighted by molar-refractivity contribution is 5.89. The molecule has 1 aromatic carbocycles. The van der Waals surface area contributed by atoms with Gasteiger partial charge in [-0.15, -0.1) is 10.1 Å². The van der Waals surface area contributed by atoms with Gasteiger partial charge in [0.05, 0.1) is 5.56 Å². The van der Waals surface area contributed by atoms with E-state index < -0.39 is 35.2 Å². The summed E-state index contributed by atoms with van der Waals surface area (Å²) in [7, 11) is 0. The van der Waals surface area contributed by atoms with Crippen molar-refractivity contribution in [1.82, 2.24) is 9.55 Å². The van der Waals surface area contributed by atoms with E-state index in [4.69, 9.17) is 15.2 Å². The summed E-state index contributed by atoms with van der Waals surface area (Å²) in [4.78, 5) is 42.9. The number of ether oxygens (including phenoxy) is 2. The average Bonchev–Trinajstić information content (AvgIpc) is 3.02. The molecule has 3 atom stereocenters. The molecule has 11 nitrogen and oxygen atoms in total. The van der Waals surface area contributed by atoms with Crippen molar-refractivity contribution in [3.8, 4) is 0 Å². The predicted octanol–water partition coefficient (Wildman–Crippen LogP) is 0.547. The second-order valence-corrected chi connectivity index (χ2v) is 5.74. The molecule has 3 rings (SSSR count). The number of esters is 1. The van der Waals surface area contributed by atoms with Crippen molar-refractivity contribution in [3.05, 3.63) is 68.8 Å². The molecule has 2 N–H and O–H groups in total. The molecule has 1 fully saturated rings. The summed E-state index contributed by atoms with van der Waals surface area (Å²) in [5.74, 6) is -0.561. The van der Waals surface area contributed by atoms with Crippen LogP contribution in [-0.4, -0.2) is 39.4 Å².